The highest BCUT2D eigenvalue weighted by Crippen LogP contribution is 2.43. The summed E-state index contributed by atoms with van der Waals surface area (Å²) in [4.78, 5) is 7.08. The maximum absolute atomic E-state index is 2.36. The van der Waals surface area contributed by atoms with Gasteiger partial charge in [-0.3, -0.25) is 0 Å². The molecule has 3 heteroatoms. The Morgan fingerprint density at radius 1 is 0.105 bits per heavy atom. The van der Waals surface area contributed by atoms with Crippen molar-refractivity contribution in [2.24, 2.45) is 0 Å². The van der Waals surface area contributed by atoms with Crippen molar-refractivity contribution in [3.63, 3.8) is 0 Å². The largest absolute Gasteiger partial charge is 0.311 e. The Hall–Kier alpha value is -12.6. The van der Waals surface area contributed by atoms with Crippen LogP contribution in [0.1, 0.15) is 0 Å². The molecule has 0 bridgehead atoms. The number of rotatable bonds is 16. The quantitative estimate of drug-likeness (QED) is 0.0955. The van der Waals surface area contributed by atoms with Crippen LogP contribution in [0.5, 0.6) is 0 Å². The van der Waals surface area contributed by atoms with Crippen molar-refractivity contribution in [2.75, 3.05) is 14.7 Å². The van der Waals surface area contributed by atoms with Gasteiger partial charge in [0.25, 0.3) is 0 Å². The van der Waals surface area contributed by atoms with E-state index in [1.54, 1.807) is 0 Å². The number of hydrogen-bond acceptors (Lipinski definition) is 3. The summed E-state index contributed by atoms with van der Waals surface area (Å²) in [5, 5.41) is 4.70. The third-order valence-electron chi connectivity index (χ3n) is 18.2. The molecule has 3 nitrogen and oxygen atoms in total. The molecule has 0 heterocycles. The number of hydrogen-bond donors (Lipinski definition) is 0. The maximum Gasteiger partial charge on any atom is 0.0468 e. The van der Waals surface area contributed by atoms with Crippen molar-refractivity contribution in [3.8, 4) is 77.9 Å². The van der Waals surface area contributed by atoms with Gasteiger partial charge < -0.3 is 14.7 Å². The molecule has 95 heavy (non-hydrogen) atoms. The van der Waals surface area contributed by atoms with E-state index in [4.69, 9.17) is 0 Å². The van der Waals surface area contributed by atoms with Gasteiger partial charge in [0.05, 0.1) is 0 Å². The molecule has 0 amide bonds. The molecule has 16 aromatic rings. The van der Waals surface area contributed by atoms with E-state index in [-0.39, 0.29) is 0 Å². The number of fused-ring (bicyclic) bond motifs is 2. The predicted octanol–water partition coefficient (Wildman–Crippen LogP) is 26.1. The molecule has 0 N–H and O–H groups in total. The monoisotopic (exact) mass is 1210 g/mol. The van der Waals surface area contributed by atoms with Crippen LogP contribution in [-0.2, 0) is 0 Å². The lowest BCUT2D eigenvalue weighted by atomic mass is 9.99. The van der Waals surface area contributed by atoms with Crippen LogP contribution >= 0.6 is 0 Å². The standard InChI is InChI=1S/C92H65N3/c1-6-16-66(17-7-1)71-30-46-84(47-31-71)93(85-56-40-76(41-57-85)78-26-28-82-64-91(60-44-80(82)62-78)94(87-48-32-72(33-49-87)67-18-8-2-9-19-67)88-50-34-73(35-51-88)68-20-10-3-11-21-68)86-58-42-77(43-59-86)79-27-29-83-65-92(61-45-81(83)63-79)95(89-52-36-74(37-53-89)69-22-12-4-13-23-69)90-54-38-75(39-55-90)70-24-14-5-15-25-70/h1-65H. The molecule has 0 atom stereocenters. The molecule has 0 radical (unpaired) electrons. The molecular weight excluding hydrogens is 1150 g/mol. The maximum atomic E-state index is 2.36. The Balaban J connectivity index is 0.685. The summed E-state index contributed by atoms with van der Waals surface area (Å²) in [6.45, 7) is 0. The highest BCUT2D eigenvalue weighted by Gasteiger charge is 2.19. The van der Waals surface area contributed by atoms with Crippen molar-refractivity contribution < 1.29 is 0 Å². The Bertz CT molecular complexity index is 4790. The molecule has 16 aromatic carbocycles. The predicted molar refractivity (Wildman–Crippen MR) is 404 cm³/mol. The highest BCUT2D eigenvalue weighted by molar-refractivity contribution is 5.95. The van der Waals surface area contributed by atoms with Crippen molar-refractivity contribution in [3.05, 3.63) is 394 Å². The van der Waals surface area contributed by atoms with Crippen LogP contribution in [0.25, 0.3) is 99.4 Å². The van der Waals surface area contributed by atoms with Crippen LogP contribution in [-0.4, -0.2) is 0 Å². The first-order valence-corrected chi connectivity index (χ1v) is 32.5. The summed E-state index contributed by atoms with van der Waals surface area (Å²) in [7, 11) is 0. The van der Waals surface area contributed by atoms with Crippen molar-refractivity contribution in [1.82, 2.24) is 0 Å². The summed E-state index contributed by atoms with van der Waals surface area (Å²) < 4.78 is 0. The van der Waals surface area contributed by atoms with Gasteiger partial charge in [-0.15, -0.1) is 0 Å². The fourth-order valence-electron chi connectivity index (χ4n) is 13.2. The summed E-state index contributed by atoms with van der Waals surface area (Å²) in [5.41, 5.74) is 26.3. The first-order chi connectivity index (χ1) is 47.0. The lowest BCUT2D eigenvalue weighted by molar-refractivity contribution is 1.28. The minimum Gasteiger partial charge on any atom is -0.311 e. The summed E-state index contributed by atoms with van der Waals surface area (Å²) in [6, 6.07) is 143. The van der Waals surface area contributed by atoms with Crippen LogP contribution in [0.15, 0.2) is 394 Å². The van der Waals surface area contributed by atoms with E-state index in [0.717, 1.165) is 73.4 Å². The molecular formula is C92H65N3. The Morgan fingerprint density at radius 3 is 0.474 bits per heavy atom. The molecule has 0 spiro atoms. The molecule has 0 saturated carbocycles. The van der Waals surface area contributed by atoms with Crippen LogP contribution in [0.4, 0.5) is 51.2 Å². The Kier molecular flexibility index (Phi) is 15.7. The molecule has 16 rings (SSSR count). The average molecular weight is 1210 g/mol. The third kappa shape index (κ3) is 12.2. The smallest absolute Gasteiger partial charge is 0.0468 e. The van der Waals surface area contributed by atoms with Crippen LogP contribution in [0.2, 0.25) is 0 Å². The van der Waals surface area contributed by atoms with Crippen LogP contribution < -0.4 is 14.7 Å². The first kappa shape index (κ1) is 57.6. The molecule has 0 saturated heterocycles. The van der Waals surface area contributed by atoms with Gasteiger partial charge in [-0.25, -0.2) is 0 Å². The van der Waals surface area contributed by atoms with Crippen molar-refractivity contribution >= 4 is 72.7 Å². The van der Waals surface area contributed by atoms with Crippen LogP contribution in [0, 0.1) is 0 Å². The summed E-state index contributed by atoms with van der Waals surface area (Å²) in [5.74, 6) is 0. The molecule has 0 unspecified atom stereocenters. The molecule has 0 fully saturated rings. The number of anilines is 9. The fraction of sp³-hybridized carbons (Fsp3) is 0. The summed E-state index contributed by atoms with van der Waals surface area (Å²) >= 11 is 0. The second-order valence-corrected chi connectivity index (χ2v) is 24.2. The first-order valence-electron chi connectivity index (χ1n) is 32.5. The highest BCUT2D eigenvalue weighted by atomic mass is 15.2. The minimum atomic E-state index is 1.07. The molecule has 448 valence electrons. The van der Waals surface area contributed by atoms with Gasteiger partial charge in [-0.2, -0.15) is 0 Å². The van der Waals surface area contributed by atoms with Gasteiger partial charge in [0.15, 0.2) is 0 Å². The minimum absolute atomic E-state index is 1.07. The summed E-state index contributed by atoms with van der Waals surface area (Å²) in [6.07, 6.45) is 0. The average Bonchev–Trinajstić information content (AvgIpc) is 0.849. The third-order valence-corrected chi connectivity index (χ3v) is 18.2. The van der Waals surface area contributed by atoms with Crippen molar-refractivity contribution in [2.45, 2.75) is 0 Å². The lowest BCUT2D eigenvalue weighted by Crippen LogP contribution is -2.10. The molecule has 0 aromatic heterocycles. The normalized spacial score (nSPS) is 11.2. The zero-order valence-electron chi connectivity index (χ0n) is 52.4. The van der Waals surface area contributed by atoms with E-state index >= 15 is 0 Å². The van der Waals surface area contributed by atoms with E-state index in [9.17, 15) is 0 Å². The molecule has 0 aliphatic carbocycles. The Labute approximate surface area is 556 Å². The lowest BCUT2D eigenvalue weighted by Gasteiger charge is -2.26. The fourth-order valence-corrected chi connectivity index (χ4v) is 13.2. The van der Waals surface area contributed by atoms with Crippen LogP contribution in [0.3, 0.4) is 0 Å². The molecule has 0 aliphatic heterocycles. The van der Waals surface area contributed by atoms with Gasteiger partial charge in [0.2, 0.25) is 0 Å². The zero-order chi connectivity index (χ0) is 63.3. The van der Waals surface area contributed by atoms with Gasteiger partial charge in [0.1, 0.15) is 0 Å². The van der Waals surface area contributed by atoms with E-state index in [2.05, 4.69) is 409 Å². The van der Waals surface area contributed by atoms with Gasteiger partial charge in [-0.1, -0.05) is 273 Å². The number of benzene rings is 16. The molecule has 0 aliphatic rings. The second kappa shape index (κ2) is 26.0. The second-order valence-electron chi connectivity index (χ2n) is 24.2. The Morgan fingerprint density at radius 2 is 0.253 bits per heavy atom. The van der Waals surface area contributed by atoms with E-state index < -0.39 is 0 Å². The number of nitrogens with zero attached hydrogens (tertiary/aromatic N) is 3. The SMILES string of the molecule is c1ccc(-c2ccc(N(c3ccc(-c4ccc5cc(N(c6ccc(-c7ccccc7)cc6)c6ccc(-c7ccccc7)cc6)ccc5c4)cc3)c3ccc(-c4ccc5cc(N(c6ccc(-c7ccccc7)cc6)c6ccc(-c7ccccc7)cc6)ccc5c4)cc3)cc2)cc1. The van der Waals surface area contributed by atoms with Crippen molar-refractivity contribution in [1.29, 1.82) is 0 Å². The van der Waals surface area contributed by atoms with E-state index in [1.165, 1.54) is 77.2 Å². The van der Waals surface area contributed by atoms with E-state index in [1.807, 2.05) is 0 Å². The van der Waals surface area contributed by atoms with E-state index in [0.29, 0.717) is 0 Å². The van der Waals surface area contributed by atoms with Gasteiger partial charge in [0, 0.05) is 51.2 Å². The topological polar surface area (TPSA) is 9.72 Å². The zero-order valence-corrected chi connectivity index (χ0v) is 52.4. The van der Waals surface area contributed by atoms with Gasteiger partial charge >= 0.3 is 0 Å². The van der Waals surface area contributed by atoms with Gasteiger partial charge in [-0.05, 0) is 221 Å².